The first-order valence-corrected chi connectivity index (χ1v) is 13.9. The fourth-order valence-corrected chi connectivity index (χ4v) is 4.79. The van der Waals surface area contributed by atoms with Crippen molar-refractivity contribution < 1.29 is 45.1 Å². The lowest BCUT2D eigenvalue weighted by Gasteiger charge is -2.18. The van der Waals surface area contributed by atoms with Crippen molar-refractivity contribution >= 4 is 67.4 Å². The molecule has 0 aliphatic rings. The average Bonchev–Trinajstić information content (AvgIpc) is 2.76. The molecule has 0 heterocycles. The topological polar surface area (TPSA) is 193 Å². The Morgan fingerprint density at radius 2 is 1.51 bits per heavy atom. The molecule has 0 aliphatic carbocycles. The predicted octanol–water partition coefficient (Wildman–Crippen LogP) is 3.32. The molecule has 1 unspecified atom stereocenters. The molecule has 2 aromatic rings. The van der Waals surface area contributed by atoms with E-state index < -0.39 is 48.1 Å². The van der Waals surface area contributed by atoms with E-state index in [1.165, 1.54) is 6.92 Å². The molecule has 2 amide bonds. The fourth-order valence-electron chi connectivity index (χ4n) is 3.11. The quantitative estimate of drug-likeness (QED) is 0.170. The highest BCUT2D eigenvalue weighted by Crippen LogP contribution is 2.28. The summed E-state index contributed by atoms with van der Waals surface area (Å²) in [4.78, 5) is 34.8. The van der Waals surface area contributed by atoms with Crippen LogP contribution in [-0.4, -0.2) is 50.5 Å². The number of ether oxygens (including phenoxy) is 1. The van der Waals surface area contributed by atoms with Gasteiger partial charge in [0, 0.05) is 35.0 Å². The van der Waals surface area contributed by atoms with Crippen LogP contribution in [0.4, 0.5) is 10.5 Å². The molecule has 202 valence electrons. The van der Waals surface area contributed by atoms with E-state index in [0.29, 0.717) is 5.56 Å². The normalized spacial score (nSPS) is 12.5. The number of carbonyl (C=O) groups excluding carboxylic acids is 3. The van der Waals surface area contributed by atoms with Crippen molar-refractivity contribution in [3.05, 3.63) is 51.0 Å². The number of rotatable bonds is 11. The van der Waals surface area contributed by atoms with Gasteiger partial charge < -0.3 is 15.4 Å². The highest BCUT2D eigenvalue weighted by atomic mass is 35.5. The van der Waals surface area contributed by atoms with Gasteiger partial charge in [0.15, 0.2) is 6.23 Å². The number of carbonyl (C=O) groups is 3. The average molecular weight is 597 g/mol. The number of urea groups is 1. The highest BCUT2D eigenvalue weighted by molar-refractivity contribution is 7.86. The van der Waals surface area contributed by atoms with E-state index in [1.807, 2.05) is 0 Å². The highest BCUT2D eigenvalue weighted by Gasteiger charge is 2.20. The van der Waals surface area contributed by atoms with E-state index in [-0.39, 0.29) is 52.6 Å². The van der Waals surface area contributed by atoms with E-state index in [0.717, 1.165) is 24.3 Å². The third kappa shape index (κ3) is 8.66. The lowest BCUT2D eigenvalue weighted by atomic mass is 10.0. The first kappa shape index (κ1) is 30.5. The summed E-state index contributed by atoms with van der Waals surface area (Å²) in [5.74, 6) is -0.420. The zero-order valence-corrected chi connectivity index (χ0v) is 22.5. The van der Waals surface area contributed by atoms with Gasteiger partial charge in [0.25, 0.3) is 26.7 Å². The number of nitrogens with one attached hydrogen (secondary N) is 2. The van der Waals surface area contributed by atoms with Crippen LogP contribution in [0.5, 0.6) is 0 Å². The van der Waals surface area contributed by atoms with E-state index >= 15 is 0 Å². The Morgan fingerprint density at radius 3 is 2.05 bits per heavy atom. The van der Waals surface area contributed by atoms with Gasteiger partial charge in [-0.25, -0.2) is 4.79 Å². The Kier molecular flexibility index (Phi) is 10.0. The smallest absolute Gasteiger partial charge is 0.322 e. The van der Waals surface area contributed by atoms with Crippen LogP contribution in [-0.2, 0) is 41.0 Å². The van der Waals surface area contributed by atoms with Gasteiger partial charge in [-0.05, 0) is 54.8 Å². The van der Waals surface area contributed by atoms with Gasteiger partial charge in [0.1, 0.15) is 5.78 Å². The molecule has 0 fully saturated rings. The largest absolute Gasteiger partial charge is 0.444 e. The Labute approximate surface area is 222 Å². The number of hydrogen-bond acceptors (Lipinski definition) is 8. The fraction of sp³-hybridized carbons (Fsp3) is 0.286. The van der Waals surface area contributed by atoms with Crippen LogP contribution in [0.25, 0.3) is 0 Å². The molecule has 2 aromatic carbocycles. The van der Waals surface area contributed by atoms with Crippen LogP contribution in [0.1, 0.15) is 29.5 Å². The molecule has 4 N–H and O–H groups in total. The van der Waals surface area contributed by atoms with Crippen molar-refractivity contribution in [2.75, 3.05) is 5.32 Å². The molecule has 12 nitrogen and oxygen atoms in total. The van der Waals surface area contributed by atoms with Gasteiger partial charge >= 0.3 is 6.03 Å². The van der Waals surface area contributed by atoms with Crippen LogP contribution < -0.4 is 10.6 Å². The van der Waals surface area contributed by atoms with Crippen molar-refractivity contribution in [2.24, 2.45) is 0 Å². The van der Waals surface area contributed by atoms with Crippen molar-refractivity contribution in [3.63, 3.8) is 0 Å². The van der Waals surface area contributed by atoms with Crippen molar-refractivity contribution in [3.8, 4) is 0 Å². The zero-order valence-electron chi connectivity index (χ0n) is 19.3. The van der Waals surface area contributed by atoms with E-state index in [2.05, 4.69) is 10.6 Å². The van der Waals surface area contributed by atoms with Gasteiger partial charge in [-0.1, -0.05) is 23.2 Å². The molecule has 0 aliphatic heterocycles. The maximum absolute atomic E-state index is 12.5. The summed E-state index contributed by atoms with van der Waals surface area (Å²) < 4.78 is 69.0. The zero-order chi connectivity index (χ0) is 28.1. The van der Waals surface area contributed by atoms with Crippen LogP contribution >= 0.6 is 23.2 Å². The minimum atomic E-state index is -4.61. The number of amides is 2. The summed E-state index contributed by atoms with van der Waals surface area (Å²) in [5.41, 5.74) is 0.926. The molecular weight excluding hydrogens is 575 g/mol. The first-order chi connectivity index (χ1) is 17.0. The second kappa shape index (κ2) is 12.2. The molecule has 37 heavy (non-hydrogen) atoms. The lowest BCUT2D eigenvalue weighted by Crippen LogP contribution is -2.40. The molecule has 2 rings (SSSR count). The third-order valence-corrected chi connectivity index (χ3v) is 7.62. The van der Waals surface area contributed by atoms with E-state index in [1.54, 1.807) is 6.92 Å². The lowest BCUT2D eigenvalue weighted by molar-refractivity contribution is -0.135. The van der Waals surface area contributed by atoms with Crippen LogP contribution in [0.15, 0.2) is 34.1 Å². The van der Waals surface area contributed by atoms with Gasteiger partial charge in [-0.15, -0.1) is 0 Å². The Morgan fingerprint density at radius 1 is 0.973 bits per heavy atom. The summed E-state index contributed by atoms with van der Waals surface area (Å²) in [7, 11) is -9.17. The Balaban J connectivity index is 2.09. The standard InChI is InChI=1S/C21H22Cl2N2O10S2/c1-11-13(6-15(7-17(11)22)36(29,30)31)5-14(27)3-4-20(35-10-26)25-21(28)24-19-9-16(37(32,33)34)8-18(23)12(19)2/h6-10,20H,3-5H2,1-2H3,(H2,24,25,28)(H,29,30,31)(H,32,33,34). The summed E-state index contributed by atoms with van der Waals surface area (Å²) >= 11 is 12.0. The van der Waals surface area contributed by atoms with Crippen molar-refractivity contribution in [1.29, 1.82) is 0 Å². The molecule has 0 saturated heterocycles. The van der Waals surface area contributed by atoms with Gasteiger partial charge in [0.2, 0.25) is 0 Å². The molecule has 0 bridgehead atoms. The van der Waals surface area contributed by atoms with E-state index in [4.69, 9.17) is 27.9 Å². The number of Topliss-reactive ketones (excluding diaryl/α,β-unsaturated/α-hetero) is 1. The number of ketones is 1. The molecule has 0 saturated carbocycles. The number of benzene rings is 2. The molecule has 1 atom stereocenters. The predicted molar refractivity (Wildman–Crippen MR) is 133 cm³/mol. The Hall–Kier alpha value is -2.75. The Bertz CT molecular complexity index is 1440. The summed E-state index contributed by atoms with van der Waals surface area (Å²) in [6.45, 7) is 3.10. The third-order valence-electron chi connectivity index (χ3n) is 5.17. The monoisotopic (exact) mass is 596 g/mol. The van der Waals surface area contributed by atoms with Crippen molar-refractivity contribution in [1.82, 2.24) is 5.32 Å². The molecule has 0 spiro atoms. The molecule has 0 radical (unpaired) electrons. The second-order valence-corrected chi connectivity index (χ2v) is 11.4. The van der Waals surface area contributed by atoms with Gasteiger partial charge in [0.05, 0.1) is 9.79 Å². The van der Waals surface area contributed by atoms with Crippen LogP contribution in [0.3, 0.4) is 0 Å². The van der Waals surface area contributed by atoms with Gasteiger partial charge in [-0.2, -0.15) is 16.8 Å². The minimum Gasteiger partial charge on any atom is -0.444 e. The first-order valence-electron chi connectivity index (χ1n) is 10.3. The maximum atomic E-state index is 12.5. The maximum Gasteiger partial charge on any atom is 0.322 e. The molecule has 16 heteroatoms. The summed E-state index contributed by atoms with van der Waals surface area (Å²) in [6.07, 6.45) is -1.90. The van der Waals surface area contributed by atoms with E-state index in [9.17, 15) is 40.3 Å². The second-order valence-electron chi connectivity index (χ2n) is 7.79. The number of anilines is 1. The van der Waals surface area contributed by atoms with Crippen LogP contribution in [0, 0.1) is 13.8 Å². The molecular formula is C21H22Cl2N2O10S2. The SMILES string of the molecule is Cc1c(Cl)cc(S(=O)(=O)O)cc1CC(=O)CCC(NC(=O)Nc1cc(S(=O)(=O)O)cc(Cl)c1C)OC=O. The summed E-state index contributed by atoms with van der Waals surface area (Å²) in [6, 6.07) is 3.21. The molecule has 0 aromatic heterocycles. The van der Waals surface area contributed by atoms with Crippen molar-refractivity contribution in [2.45, 2.75) is 49.1 Å². The minimum absolute atomic E-state index is 0.0342. The van der Waals surface area contributed by atoms with Crippen LogP contribution in [0.2, 0.25) is 10.0 Å². The van der Waals surface area contributed by atoms with Gasteiger partial charge in [-0.3, -0.25) is 18.7 Å². The number of hydrogen-bond donors (Lipinski definition) is 4. The summed E-state index contributed by atoms with van der Waals surface area (Å²) in [5, 5.41) is 4.61. The number of halogens is 2.